The minimum absolute atomic E-state index is 0.0245. The Kier molecular flexibility index (Phi) is 5.60. The van der Waals surface area contributed by atoms with Gasteiger partial charge in [0, 0.05) is 38.3 Å². The number of hydrogen-bond acceptors (Lipinski definition) is 4. The SMILES string of the molecule is CN=C(NCCO)NC1CC(=O)N(c2cccc(OC)c2)C1. The summed E-state index contributed by atoms with van der Waals surface area (Å²) in [5, 5.41) is 15.0. The first-order chi connectivity index (χ1) is 10.7. The highest BCUT2D eigenvalue weighted by atomic mass is 16.5. The zero-order chi connectivity index (χ0) is 15.9. The van der Waals surface area contributed by atoms with Gasteiger partial charge in [0.2, 0.25) is 5.91 Å². The van der Waals surface area contributed by atoms with Crippen LogP contribution in [0.15, 0.2) is 29.3 Å². The Balaban J connectivity index is 2.01. The molecule has 0 bridgehead atoms. The van der Waals surface area contributed by atoms with Gasteiger partial charge in [0.15, 0.2) is 5.96 Å². The van der Waals surface area contributed by atoms with Crippen LogP contribution in [-0.4, -0.2) is 56.9 Å². The van der Waals surface area contributed by atoms with Gasteiger partial charge in [0.05, 0.1) is 19.8 Å². The fourth-order valence-electron chi connectivity index (χ4n) is 2.39. The number of aliphatic imine (C=N–C) groups is 1. The van der Waals surface area contributed by atoms with Crippen molar-refractivity contribution in [3.63, 3.8) is 0 Å². The molecule has 2 rings (SSSR count). The van der Waals surface area contributed by atoms with Crippen molar-refractivity contribution < 1.29 is 14.6 Å². The van der Waals surface area contributed by atoms with E-state index in [1.165, 1.54) is 0 Å². The molecular formula is C15H22N4O3. The summed E-state index contributed by atoms with van der Waals surface area (Å²) in [5.74, 6) is 1.37. The van der Waals surface area contributed by atoms with Gasteiger partial charge in [-0.3, -0.25) is 9.79 Å². The first-order valence-electron chi connectivity index (χ1n) is 7.20. The van der Waals surface area contributed by atoms with Crippen LogP contribution >= 0.6 is 0 Å². The average Bonchev–Trinajstić information content (AvgIpc) is 2.92. The van der Waals surface area contributed by atoms with E-state index in [1.54, 1.807) is 19.1 Å². The van der Waals surface area contributed by atoms with E-state index in [-0.39, 0.29) is 18.6 Å². The molecule has 7 heteroatoms. The average molecular weight is 306 g/mol. The van der Waals surface area contributed by atoms with Crippen molar-refractivity contribution in [3.8, 4) is 5.75 Å². The fraction of sp³-hybridized carbons (Fsp3) is 0.467. The summed E-state index contributed by atoms with van der Waals surface area (Å²) >= 11 is 0. The molecular weight excluding hydrogens is 284 g/mol. The molecule has 7 nitrogen and oxygen atoms in total. The quantitative estimate of drug-likeness (QED) is 0.525. The molecule has 0 saturated carbocycles. The number of rotatable bonds is 5. The summed E-state index contributed by atoms with van der Waals surface area (Å²) in [4.78, 5) is 18.0. The van der Waals surface area contributed by atoms with Gasteiger partial charge in [-0.1, -0.05) is 6.07 Å². The van der Waals surface area contributed by atoms with Crippen LogP contribution in [0.2, 0.25) is 0 Å². The van der Waals surface area contributed by atoms with Crippen LogP contribution in [0.25, 0.3) is 0 Å². The van der Waals surface area contributed by atoms with Gasteiger partial charge in [0.1, 0.15) is 5.75 Å². The van der Waals surface area contributed by atoms with Gasteiger partial charge in [-0.25, -0.2) is 0 Å². The van der Waals surface area contributed by atoms with E-state index in [9.17, 15) is 4.79 Å². The second-order valence-corrected chi connectivity index (χ2v) is 4.97. The van der Waals surface area contributed by atoms with Crippen molar-refractivity contribution in [1.82, 2.24) is 10.6 Å². The fourth-order valence-corrected chi connectivity index (χ4v) is 2.39. The number of guanidine groups is 1. The van der Waals surface area contributed by atoms with Crippen LogP contribution in [0.1, 0.15) is 6.42 Å². The molecule has 1 aromatic rings. The molecule has 1 aromatic carbocycles. The molecule has 0 radical (unpaired) electrons. The number of hydrogen-bond donors (Lipinski definition) is 3. The Hall–Kier alpha value is -2.28. The lowest BCUT2D eigenvalue weighted by molar-refractivity contribution is -0.117. The van der Waals surface area contributed by atoms with Gasteiger partial charge in [-0.2, -0.15) is 0 Å². The molecule has 1 aliphatic heterocycles. The van der Waals surface area contributed by atoms with Crippen LogP contribution in [0.5, 0.6) is 5.75 Å². The molecule has 0 aromatic heterocycles. The molecule has 1 amide bonds. The second kappa shape index (κ2) is 7.65. The zero-order valence-corrected chi connectivity index (χ0v) is 12.9. The first kappa shape index (κ1) is 16.1. The number of ether oxygens (including phenoxy) is 1. The molecule has 1 heterocycles. The third kappa shape index (κ3) is 3.88. The first-order valence-corrected chi connectivity index (χ1v) is 7.20. The van der Waals surface area contributed by atoms with Crippen molar-refractivity contribution >= 4 is 17.6 Å². The molecule has 1 fully saturated rings. The predicted octanol–water partition coefficient (Wildman–Crippen LogP) is -0.0422. The molecule has 22 heavy (non-hydrogen) atoms. The summed E-state index contributed by atoms with van der Waals surface area (Å²) in [7, 11) is 3.26. The molecule has 0 aliphatic carbocycles. The number of nitrogens with zero attached hydrogens (tertiary/aromatic N) is 2. The van der Waals surface area contributed by atoms with E-state index in [2.05, 4.69) is 15.6 Å². The molecule has 1 saturated heterocycles. The Morgan fingerprint density at radius 3 is 3.05 bits per heavy atom. The lowest BCUT2D eigenvalue weighted by Gasteiger charge is -2.19. The van der Waals surface area contributed by atoms with Crippen LogP contribution in [0.4, 0.5) is 5.69 Å². The molecule has 1 unspecified atom stereocenters. The maximum Gasteiger partial charge on any atom is 0.229 e. The van der Waals surface area contributed by atoms with E-state index >= 15 is 0 Å². The van der Waals surface area contributed by atoms with Crippen molar-refractivity contribution in [2.24, 2.45) is 4.99 Å². The standard InChI is InChI=1S/C15H22N4O3/c1-16-15(17-6-7-20)18-11-8-14(21)19(10-11)12-4-3-5-13(9-12)22-2/h3-5,9,11,20H,6-8,10H2,1-2H3,(H2,16,17,18). The van der Waals surface area contributed by atoms with Crippen molar-refractivity contribution in [2.45, 2.75) is 12.5 Å². The van der Waals surface area contributed by atoms with Crippen molar-refractivity contribution in [3.05, 3.63) is 24.3 Å². The number of aliphatic hydroxyl groups is 1. The van der Waals surface area contributed by atoms with Crippen LogP contribution < -0.4 is 20.3 Å². The maximum absolute atomic E-state index is 12.2. The van der Waals surface area contributed by atoms with Crippen LogP contribution in [-0.2, 0) is 4.79 Å². The molecule has 3 N–H and O–H groups in total. The smallest absolute Gasteiger partial charge is 0.229 e. The topological polar surface area (TPSA) is 86.2 Å². The highest BCUT2D eigenvalue weighted by Gasteiger charge is 2.31. The molecule has 1 aliphatic rings. The van der Waals surface area contributed by atoms with E-state index in [1.807, 2.05) is 24.3 Å². The van der Waals surface area contributed by atoms with Crippen molar-refractivity contribution in [2.75, 3.05) is 38.8 Å². The highest BCUT2D eigenvalue weighted by Crippen LogP contribution is 2.25. The summed E-state index contributed by atoms with van der Waals surface area (Å²) in [6.07, 6.45) is 0.400. The number of anilines is 1. The summed E-state index contributed by atoms with van der Waals surface area (Å²) in [5.41, 5.74) is 0.826. The highest BCUT2D eigenvalue weighted by molar-refractivity contribution is 5.97. The van der Waals surface area contributed by atoms with Crippen molar-refractivity contribution in [1.29, 1.82) is 0 Å². The number of aliphatic hydroxyl groups excluding tert-OH is 1. The number of carbonyl (C=O) groups excluding carboxylic acids is 1. The lowest BCUT2D eigenvalue weighted by Crippen LogP contribution is -2.45. The number of carbonyl (C=O) groups is 1. The van der Waals surface area contributed by atoms with E-state index in [0.717, 1.165) is 11.4 Å². The van der Waals surface area contributed by atoms with Gasteiger partial charge < -0.3 is 25.4 Å². The van der Waals surface area contributed by atoms with E-state index in [4.69, 9.17) is 9.84 Å². The molecule has 120 valence electrons. The molecule has 1 atom stereocenters. The Morgan fingerprint density at radius 1 is 1.55 bits per heavy atom. The number of amides is 1. The Morgan fingerprint density at radius 2 is 2.36 bits per heavy atom. The predicted molar refractivity (Wildman–Crippen MR) is 85.3 cm³/mol. The summed E-state index contributed by atoms with van der Waals surface area (Å²) in [6.45, 7) is 1.01. The van der Waals surface area contributed by atoms with Gasteiger partial charge in [-0.05, 0) is 12.1 Å². The normalized spacial score (nSPS) is 18.5. The monoisotopic (exact) mass is 306 g/mol. The number of methoxy groups -OCH3 is 1. The Bertz CT molecular complexity index is 547. The molecule has 0 spiro atoms. The zero-order valence-electron chi connectivity index (χ0n) is 12.9. The summed E-state index contributed by atoms with van der Waals surface area (Å²) in [6, 6.07) is 7.43. The van der Waals surface area contributed by atoms with Gasteiger partial charge in [0.25, 0.3) is 0 Å². The van der Waals surface area contributed by atoms with E-state index < -0.39 is 0 Å². The lowest BCUT2D eigenvalue weighted by atomic mass is 10.2. The van der Waals surface area contributed by atoms with E-state index in [0.29, 0.717) is 25.5 Å². The third-order valence-corrected chi connectivity index (χ3v) is 3.46. The third-order valence-electron chi connectivity index (χ3n) is 3.46. The van der Waals surface area contributed by atoms with Gasteiger partial charge in [-0.15, -0.1) is 0 Å². The minimum Gasteiger partial charge on any atom is -0.497 e. The Labute approximate surface area is 130 Å². The number of nitrogens with one attached hydrogen (secondary N) is 2. The summed E-state index contributed by atoms with van der Waals surface area (Å²) < 4.78 is 5.20. The van der Waals surface area contributed by atoms with Crippen LogP contribution in [0.3, 0.4) is 0 Å². The minimum atomic E-state index is -0.0245. The number of benzene rings is 1. The van der Waals surface area contributed by atoms with Crippen LogP contribution in [0, 0.1) is 0 Å². The second-order valence-electron chi connectivity index (χ2n) is 4.97. The van der Waals surface area contributed by atoms with Gasteiger partial charge >= 0.3 is 0 Å². The maximum atomic E-state index is 12.2. The largest absolute Gasteiger partial charge is 0.497 e.